The van der Waals surface area contributed by atoms with Crippen molar-refractivity contribution in [2.45, 2.75) is 27.7 Å². The van der Waals surface area contributed by atoms with E-state index in [2.05, 4.69) is 111 Å². The van der Waals surface area contributed by atoms with Crippen molar-refractivity contribution in [3.8, 4) is 28.7 Å². The van der Waals surface area contributed by atoms with Gasteiger partial charge in [-0.15, -0.1) is 0 Å². The molecule has 0 atom stereocenters. The first kappa shape index (κ1) is 21.6. The molecule has 0 amide bonds. The van der Waals surface area contributed by atoms with Gasteiger partial charge in [-0.25, -0.2) is 0 Å². The fourth-order valence-corrected chi connectivity index (χ4v) is 6.64. The lowest BCUT2D eigenvalue weighted by atomic mass is 9.34. The van der Waals surface area contributed by atoms with Crippen LogP contribution >= 0.6 is 0 Å². The van der Waals surface area contributed by atoms with Crippen molar-refractivity contribution < 1.29 is 9.47 Å². The Labute approximate surface area is 222 Å². The van der Waals surface area contributed by atoms with Gasteiger partial charge in [-0.05, 0) is 74.0 Å². The number of aromatic nitrogens is 1. The van der Waals surface area contributed by atoms with Crippen LogP contribution in [0.1, 0.15) is 22.3 Å². The van der Waals surface area contributed by atoms with Crippen LogP contribution in [0.5, 0.6) is 23.0 Å². The van der Waals surface area contributed by atoms with Gasteiger partial charge in [0.2, 0.25) is 0 Å². The fourth-order valence-electron chi connectivity index (χ4n) is 6.64. The van der Waals surface area contributed by atoms with Crippen molar-refractivity contribution in [3.63, 3.8) is 0 Å². The summed E-state index contributed by atoms with van der Waals surface area (Å²) >= 11 is 0. The lowest BCUT2D eigenvalue weighted by Crippen LogP contribution is -2.57. The second-order valence-corrected chi connectivity index (χ2v) is 10.9. The normalized spacial score (nSPS) is 13.1. The minimum absolute atomic E-state index is 0.0767. The summed E-state index contributed by atoms with van der Waals surface area (Å²) in [6, 6.07) is 30.6. The van der Waals surface area contributed by atoms with E-state index in [1.54, 1.807) is 0 Å². The molecule has 0 bridgehead atoms. The maximum atomic E-state index is 6.71. The summed E-state index contributed by atoms with van der Waals surface area (Å²) in [5.74, 6) is 3.59. The molecular formula is C34H26BNO2. The molecule has 6 aromatic rings. The monoisotopic (exact) mass is 491 g/mol. The molecule has 0 saturated heterocycles. The minimum atomic E-state index is 0.0767. The van der Waals surface area contributed by atoms with Crippen molar-refractivity contribution in [1.29, 1.82) is 0 Å². The zero-order valence-corrected chi connectivity index (χ0v) is 21.9. The van der Waals surface area contributed by atoms with Crippen LogP contribution in [0.15, 0.2) is 84.9 Å². The van der Waals surface area contributed by atoms with Crippen LogP contribution in [0, 0.1) is 27.7 Å². The number of para-hydroxylation sites is 2. The second kappa shape index (κ2) is 7.55. The van der Waals surface area contributed by atoms with Gasteiger partial charge in [0.05, 0.1) is 16.7 Å². The average Bonchev–Trinajstić information content (AvgIpc) is 3.22. The van der Waals surface area contributed by atoms with E-state index in [4.69, 9.17) is 9.47 Å². The lowest BCUT2D eigenvalue weighted by molar-refractivity contribution is 0.462. The zero-order valence-electron chi connectivity index (χ0n) is 21.9. The van der Waals surface area contributed by atoms with Crippen molar-refractivity contribution in [1.82, 2.24) is 4.57 Å². The molecule has 0 unspecified atom stereocenters. The van der Waals surface area contributed by atoms with Gasteiger partial charge in [0.1, 0.15) is 23.0 Å². The summed E-state index contributed by atoms with van der Waals surface area (Å²) in [6.07, 6.45) is 0. The lowest BCUT2D eigenvalue weighted by Gasteiger charge is -2.34. The predicted octanol–water partition coefficient (Wildman–Crippen LogP) is 6.74. The molecule has 2 aliphatic heterocycles. The van der Waals surface area contributed by atoms with Crippen LogP contribution in [0.4, 0.5) is 0 Å². The van der Waals surface area contributed by atoms with E-state index < -0.39 is 0 Å². The van der Waals surface area contributed by atoms with Gasteiger partial charge in [-0.2, -0.15) is 0 Å². The predicted molar refractivity (Wildman–Crippen MR) is 157 cm³/mol. The Hall–Kier alpha value is -4.44. The van der Waals surface area contributed by atoms with Gasteiger partial charge in [0.25, 0.3) is 6.71 Å². The SMILES string of the molecule is Cc1ccc2c(c1)c1cc(C)cc(C)c1n2-c1cc2c3c(c1)Oc1c(C)cccc1B3c1ccccc1O2. The number of benzene rings is 5. The van der Waals surface area contributed by atoms with Crippen LogP contribution < -0.4 is 25.9 Å². The first-order valence-electron chi connectivity index (χ1n) is 13.2. The van der Waals surface area contributed by atoms with Crippen LogP contribution in [-0.4, -0.2) is 11.3 Å². The fraction of sp³-hybridized carbons (Fsp3) is 0.118. The third kappa shape index (κ3) is 2.86. The first-order chi connectivity index (χ1) is 18.5. The molecule has 4 heteroatoms. The Balaban J connectivity index is 1.46. The Morgan fingerprint density at radius 1 is 0.605 bits per heavy atom. The molecule has 38 heavy (non-hydrogen) atoms. The van der Waals surface area contributed by atoms with E-state index >= 15 is 0 Å². The highest BCUT2D eigenvalue weighted by Crippen LogP contribution is 2.41. The van der Waals surface area contributed by atoms with E-state index in [1.165, 1.54) is 49.4 Å². The molecule has 3 heterocycles. The molecular weight excluding hydrogens is 465 g/mol. The maximum absolute atomic E-state index is 6.71. The highest BCUT2D eigenvalue weighted by Gasteiger charge is 2.40. The van der Waals surface area contributed by atoms with E-state index in [9.17, 15) is 0 Å². The number of nitrogens with zero attached hydrogens (tertiary/aromatic N) is 1. The van der Waals surface area contributed by atoms with Gasteiger partial charge in [0, 0.05) is 28.4 Å². The van der Waals surface area contributed by atoms with E-state index in [0.717, 1.165) is 39.7 Å². The third-order valence-electron chi connectivity index (χ3n) is 8.20. The molecule has 0 saturated carbocycles. The topological polar surface area (TPSA) is 23.4 Å². The number of ether oxygens (including phenoxy) is 2. The van der Waals surface area contributed by atoms with Crippen molar-refractivity contribution in [2.75, 3.05) is 0 Å². The van der Waals surface area contributed by atoms with E-state index in [1.807, 2.05) is 6.07 Å². The minimum Gasteiger partial charge on any atom is -0.458 e. The Morgan fingerprint density at radius 2 is 1.37 bits per heavy atom. The van der Waals surface area contributed by atoms with Crippen molar-refractivity contribution in [3.05, 3.63) is 107 Å². The summed E-state index contributed by atoms with van der Waals surface area (Å²) in [4.78, 5) is 0. The molecule has 3 nitrogen and oxygen atoms in total. The van der Waals surface area contributed by atoms with Gasteiger partial charge in [0.15, 0.2) is 0 Å². The van der Waals surface area contributed by atoms with Crippen LogP contribution in [-0.2, 0) is 0 Å². The molecule has 0 aliphatic carbocycles. The summed E-state index contributed by atoms with van der Waals surface area (Å²) in [5, 5.41) is 2.54. The summed E-state index contributed by atoms with van der Waals surface area (Å²) in [6.45, 7) is 8.74. The Kier molecular flexibility index (Phi) is 4.30. The molecule has 8 rings (SSSR count). The standard InChI is InChI=1S/C34H26BNO2/c1-19-12-13-28-24(15-19)25-16-20(2)14-22(4)33(25)36(28)23-17-30-32-31(18-23)38-34-21(3)8-7-10-27(34)35(32)26-9-5-6-11-29(26)37-30/h5-18H,1-4H3. The molecule has 1 aromatic heterocycles. The van der Waals surface area contributed by atoms with Gasteiger partial charge in [-0.1, -0.05) is 59.7 Å². The third-order valence-corrected chi connectivity index (χ3v) is 8.20. The zero-order chi connectivity index (χ0) is 25.7. The van der Waals surface area contributed by atoms with Crippen molar-refractivity contribution >= 4 is 44.9 Å². The molecule has 182 valence electrons. The number of hydrogen-bond donors (Lipinski definition) is 0. The maximum Gasteiger partial charge on any atom is 0.260 e. The van der Waals surface area contributed by atoms with Crippen LogP contribution in [0.3, 0.4) is 0 Å². The van der Waals surface area contributed by atoms with E-state index in [-0.39, 0.29) is 6.71 Å². The van der Waals surface area contributed by atoms with Gasteiger partial charge >= 0.3 is 0 Å². The molecule has 0 radical (unpaired) electrons. The first-order valence-corrected chi connectivity index (χ1v) is 13.2. The van der Waals surface area contributed by atoms with Crippen LogP contribution in [0.2, 0.25) is 0 Å². The Bertz CT molecular complexity index is 1980. The highest BCUT2D eigenvalue weighted by molar-refractivity contribution is 6.98. The Morgan fingerprint density at radius 3 is 2.24 bits per heavy atom. The second-order valence-electron chi connectivity index (χ2n) is 10.9. The summed E-state index contributed by atoms with van der Waals surface area (Å²) in [5.41, 5.74) is 11.9. The number of hydrogen-bond acceptors (Lipinski definition) is 2. The average molecular weight is 491 g/mol. The molecule has 2 aliphatic rings. The van der Waals surface area contributed by atoms with E-state index in [0.29, 0.717) is 0 Å². The molecule has 0 fully saturated rings. The largest absolute Gasteiger partial charge is 0.458 e. The van der Waals surface area contributed by atoms with Gasteiger partial charge in [-0.3, -0.25) is 0 Å². The molecule has 5 aromatic carbocycles. The quantitative estimate of drug-likeness (QED) is 0.237. The highest BCUT2D eigenvalue weighted by atomic mass is 16.5. The number of aryl methyl sites for hydroxylation is 4. The van der Waals surface area contributed by atoms with Gasteiger partial charge < -0.3 is 14.0 Å². The smallest absolute Gasteiger partial charge is 0.260 e. The summed E-state index contributed by atoms with van der Waals surface area (Å²) in [7, 11) is 0. The number of fused-ring (bicyclic) bond motifs is 7. The molecule has 0 spiro atoms. The van der Waals surface area contributed by atoms with Crippen molar-refractivity contribution in [2.24, 2.45) is 0 Å². The van der Waals surface area contributed by atoms with Crippen LogP contribution in [0.25, 0.3) is 27.5 Å². The molecule has 0 N–H and O–H groups in total. The number of rotatable bonds is 1. The summed E-state index contributed by atoms with van der Waals surface area (Å²) < 4.78 is 15.7.